The van der Waals surface area contributed by atoms with Crippen molar-refractivity contribution in [2.24, 2.45) is 5.92 Å². The van der Waals surface area contributed by atoms with Gasteiger partial charge in [-0.05, 0) is 48.2 Å². The molecule has 0 amide bonds. The van der Waals surface area contributed by atoms with Gasteiger partial charge in [0.25, 0.3) is 0 Å². The van der Waals surface area contributed by atoms with Crippen molar-refractivity contribution in [3.8, 4) is 0 Å². The van der Waals surface area contributed by atoms with Crippen molar-refractivity contribution in [2.75, 3.05) is 0 Å². The molecule has 0 aliphatic carbocycles. The molecule has 0 aliphatic heterocycles. The van der Waals surface area contributed by atoms with Crippen LogP contribution in [0.1, 0.15) is 35.3 Å². The summed E-state index contributed by atoms with van der Waals surface area (Å²) >= 11 is 5.83. The van der Waals surface area contributed by atoms with Gasteiger partial charge in [0.1, 0.15) is 0 Å². The average Bonchev–Trinajstić information content (AvgIpc) is 2.38. The second-order valence-electron chi connectivity index (χ2n) is 5.13. The van der Waals surface area contributed by atoms with Gasteiger partial charge in [0.05, 0.1) is 0 Å². The van der Waals surface area contributed by atoms with Crippen LogP contribution in [0.5, 0.6) is 0 Å². The molecule has 2 heteroatoms. The first-order valence-corrected chi connectivity index (χ1v) is 6.83. The number of carbonyl (C=O) groups excluding carboxylic acids is 1. The van der Waals surface area contributed by atoms with Crippen LogP contribution in [0.15, 0.2) is 48.5 Å². The fraction of sp³-hybridized carbons (Fsp3) is 0.235. The molecule has 2 aromatic carbocycles. The van der Waals surface area contributed by atoms with E-state index in [0.29, 0.717) is 16.5 Å². The standard InChI is InChI=1S/C17H17ClO/c1-12(2)10-13-4-3-5-15(11-13)17(19)14-6-8-16(18)9-7-14/h3-9,11-12H,10H2,1-2H3. The molecule has 0 aromatic heterocycles. The maximum Gasteiger partial charge on any atom is 0.193 e. The minimum absolute atomic E-state index is 0.0438. The molecule has 0 fully saturated rings. The molecule has 0 N–H and O–H groups in total. The Morgan fingerprint density at radius 1 is 1.05 bits per heavy atom. The molecule has 0 radical (unpaired) electrons. The molecule has 0 heterocycles. The fourth-order valence-electron chi connectivity index (χ4n) is 2.08. The third-order valence-corrected chi connectivity index (χ3v) is 3.19. The molecule has 19 heavy (non-hydrogen) atoms. The number of benzene rings is 2. The molecule has 1 nitrogen and oxygen atoms in total. The van der Waals surface area contributed by atoms with E-state index in [1.807, 2.05) is 18.2 Å². The van der Waals surface area contributed by atoms with E-state index in [0.717, 1.165) is 12.0 Å². The van der Waals surface area contributed by atoms with Gasteiger partial charge in [0.15, 0.2) is 5.78 Å². The smallest absolute Gasteiger partial charge is 0.193 e. The Morgan fingerprint density at radius 2 is 1.74 bits per heavy atom. The molecule has 2 aromatic rings. The summed E-state index contributed by atoms with van der Waals surface area (Å²) in [5.41, 5.74) is 2.61. The number of hydrogen-bond donors (Lipinski definition) is 0. The number of carbonyl (C=O) groups is 1. The van der Waals surface area contributed by atoms with Crippen LogP contribution in [0.3, 0.4) is 0 Å². The van der Waals surface area contributed by atoms with Crippen molar-refractivity contribution in [3.05, 3.63) is 70.2 Å². The Labute approximate surface area is 119 Å². The van der Waals surface area contributed by atoms with Gasteiger partial charge in [-0.3, -0.25) is 4.79 Å². The van der Waals surface area contributed by atoms with Gasteiger partial charge in [0.2, 0.25) is 0 Å². The quantitative estimate of drug-likeness (QED) is 0.733. The maximum absolute atomic E-state index is 12.4. The zero-order valence-corrected chi connectivity index (χ0v) is 11.9. The lowest BCUT2D eigenvalue weighted by atomic mass is 9.97. The lowest BCUT2D eigenvalue weighted by Crippen LogP contribution is -2.03. The number of halogens is 1. The average molecular weight is 273 g/mol. The Morgan fingerprint density at radius 3 is 2.37 bits per heavy atom. The van der Waals surface area contributed by atoms with Crippen LogP contribution >= 0.6 is 11.6 Å². The van der Waals surface area contributed by atoms with Gasteiger partial charge in [-0.2, -0.15) is 0 Å². The Balaban J connectivity index is 2.26. The third kappa shape index (κ3) is 3.68. The first-order valence-electron chi connectivity index (χ1n) is 6.45. The summed E-state index contributed by atoms with van der Waals surface area (Å²) in [6.07, 6.45) is 0.988. The van der Waals surface area contributed by atoms with Gasteiger partial charge in [-0.15, -0.1) is 0 Å². The number of ketones is 1. The Hall–Kier alpha value is -1.60. The summed E-state index contributed by atoms with van der Waals surface area (Å²) in [6.45, 7) is 4.35. The van der Waals surface area contributed by atoms with Crippen LogP contribution in [0.2, 0.25) is 5.02 Å². The predicted octanol–water partition coefficient (Wildman–Crippen LogP) is 4.77. The zero-order valence-electron chi connectivity index (χ0n) is 11.2. The second-order valence-corrected chi connectivity index (χ2v) is 5.57. The van der Waals surface area contributed by atoms with E-state index in [1.54, 1.807) is 24.3 Å². The van der Waals surface area contributed by atoms with E-state index in [2.05, 4.69) is 19.9 Å². The van der Waals surface area contributed by atoms with Gasteiger partial charge >= 0.3 is 0 Å². The largest absolute Gasteiger partial charge is 0.289 e. The van der Waals surface area contributed by atoms with E-state index in [1.165, 1.54) is 5.56 Å². The highest BCUT2D eigenvalue weighted by Crippen LogP contribution is 2.16. The van der Waals surface area contributed by atoms with Crippen LogP contribution in [-0.4, -0.2) is 5.78 Å². The van der Waals surface area contributed by atoms with Crippen molar-refractivity contribution in [2.45, 2.75) is 20.3 Å². The van der Waals surface area contributed by atoms with Gasteiger partial charge in [-0.25, -0.2) is 0 Å². The molecule has 0 aliphatic rings. The highest BCUT2D eigenvalue weighted by atomic mass is 35.5. The van der Waals surface area contributed by atoms with Crippen LogP contribution in [0.25, 0.3) is 0 Å². The lowest BCUT2D eigenvalue weighted by Gasteiger charge is -2.07. The summed E-state index contributed by atoms with van der Waals surface area (Å²) in [5, 5.41) is 0.644. The summed E-state index contributed by atoms with van der Waals surface area (Å²) < 4.78 is 0. The SMILES string of the molecule is CC(C)Cc1cccc(C(=O)c2ccc(Cl)cc2)c1. The molecule has 0 bridgehead atoms. The third-order valence-electron chi connectivity index (χ3n) is 2.94. The van der Waals surface area contributed by atoms with E-state index in [9.17, 15) is 4.79 Å². The predicted molar refractivity (Wildman–Crippen MR) is 79.9 cm³/mol. The van der Waals surface area contributed by atoms with Crippen molar-refractivity contribution >= 4 is 17.4 Å². The molecule has 0 unspecified atom stereocenters. The summed E-state index contributed by atoms with van der Waals surface area (Å²) in [7, 11) is 0. The van der Waals surface area contributed by atoms with Crippen LogP contribution in [0, 0.1) is 5.92 Å². The maximum atomic E-state index is 12.4. The van der Waals surface area contributed by atoms with Gasteiger partial charge in [0, 0.05) is 16.1 Å². The Bertz CT molecular complexity index is 570. The monoisotopic (exact) mass is 272 g/mol. The summed E-state index contributed by atoms with van der Waals surface area (Å²) in [6, 6.07) is 14.9. The first kappa shape index (κ1) is 13.8. The molecule has 0 saturated heterocycles. The highest BCUT2D eigenvalue weighted by Gasteiger charge is 2.09. The summed E-state index contributed by atoms with van der Waals surface area (Å²) in [4.78, 5) is 12.4. The summed E-state index contributed by atoms with van der Waals surface area (Å²) in [5.74, 6) is 0.628. The minimum Gasteiger partial charge on any atom is -0.289 e. The molecule has 0 saturated carbocycles. The van der Waals surface area contributed by atoms with E-state index >= 15 is 0 Å². The van der Waals surface area contributed by atoms with Crippen molar-refractivity contribution < 1.29 is 4.79 Å². The molecular formula is C17H17ClO. The molecule has 0 atom stereocenters. The number of rotatable bonds is 4. The van der Waals surface area contributed by atoms with E-state index < -0.39 is 0 Å². The van der Waals surface area contributed by atoms with Gasteiger partial charge < -0.3 is 0 Å². The molecular weight excluding hydrogens is 256 g/mol. The van der Waals surface area contributed by atoms with Crippen molar-refractivity contribution in [1.29, 1.82) is 0 Å². The van der Waals surface area contributed by atoms with Crippen LogP contribution in [-0.2, 0) is 6.42 Å². The normalized spacial score (nSPS) is 10.7. The topological polar surface area (TPSA) is 17.1 Å². The minimum atomic E-state index is 0.0438. The highest BCUT2D eigenvalue weighted by molar-refractivity contribution is 6.30. The van der Waals surface area contributed by atoms with Crippen LogP contribution in [0.4, 0.5) is 0 Å². The lowest BCUT2D eigenvalue weighted by molar-refractivity contribution is 0.103. The van der Waals surface area contributed by atoms with E-state index in [4.69, 9.17) is 11.6 Å². The van der Waals surface area contributed by atoms with Crippen LogP contribution < -0.4 is 0 Å². The molecule has 0 spiro atoms. The Kier molecular flexibility index (Phi) is 4.39. The fourth-order valence-corrected chi connectivity index (χ4v) is 2.20. The van der Waals surface area contributed by atoms with E-state index in [-0.39, 0.29) is 5.78 Å². The van der Waals surface area contributed by atoms with Crippen molar-refractivity contribution in [3.63, 3.8) is 0 Å². The van der Waals surface area contributed by atoms with Gasteiger partial charge in [-0.1, -0.05) is 43.6 Å². The number of hydrogen-bond acceptors (Lipinski definition) is 1. The second kappa shape index (κ2) is 6.03. The van der Waals surface area contributed by atoms with Crippen molar-refractivity contribution in [1.82, 2.24) is 0 Å². The molecule has 2 rings (SSSR count). The molecule has 98 valence electrons. The zero-order chi connectivity index (χ0) is 13.8. The first-order chi connectivity index (χ1) is 9.06.